The van der Waals surface area contributed by atoms with Crippen LogP contribution in [0.4, 0.5) is 11.8 Å². The van der Waals surface area contributed by atoms with Crippen LogP contribution in [0.2, 0.25) is 0 Å². The first-order chi connectivity index (χ1) is 8.22. The minimum Gasteiger partial charge on any atom is -0.368 e. The van der Waals surface area contributed by atoms with E-state index >= 15 is 0 Å². The van der Waals surface area contributed by atoms with Gasteiger partial charge in [0.1, 0.15) is 0 Å². The Balaban J connectivity index is 2.97. The van der Waals surface area contributed by atoms with Crippen molar-refractivity contribution in [1.29, 1.82) is 0 Å². The van der Waals surface area contributed by atoms with Crippen molar-refractivity contribution in [2.45, 2.75) is 4.90 Å². The highest BCUT2D eigenvalue weighted by Crippen LogP contribution is 2.25. The number of alkyl halides is 1. The topological polar surface area (TPSA) is 72.1 Å². The van der Waals surface area contributed by atoms with Crippen molar-refractivity contribution < 1.29 is 4.79 Å². The van der Waals surface area contributed by atoms with Gasteiger partial charge in [-0.15, -0.1) is 23.4 Å². The first kappa shape index (κ1) is 13.8. The first-order valence-electron chi connectivity index (χ1n) is 4.82. The average molecular weight is 273 g/mol. The number of nitrogens with two attached hydrogens (primary N) is 1. The van der Waals surface area contributed by atoms with Gasteiger partial charge in [-0.2, -0.15) is 4.98 Å². The Labute approximate surface area is 109 Å². The van der Waals surface area contributed by atoms with Gasteiger partial charge in [0.2, 0.25) is 12.4 Å². The number of nitrogen functional groups attached to an aromatic ring is 1. The van der Waals surface area contributed by atoms with E-state index < -0.39 is 0 Å². The van der Waals surface area contributed by atoms with Crippen LogP contribution in [-0.4, -0.2) is 35.1 Å². The lowest BCUT2D eigenvalue weighted by Crippen LogP contribution is -2.23. The molecule has 1 rings (SSSR count). The van der Waals surface area contributed by atoms with Crippen molar-refractivity contribution in [3.05, 3.63) is 18.3 Å². The minimum absolute atomic E-state index is 0.144. The summed E-state index contributed by atoms with van der Waals surface area (Å²) in [6, 6.07) is 0. The molecule has 1 amide bonds. The zero-order valence-corrected chi connectivity index (χ0v) is 10.9. The molecule has 0 fully saturated rings. The molecule has 7 heteroatoms. The van der Waals surface area contributed by atoms with E-state index in [1.54, 1.807) is 18.3 Å². The first-order valence-corrected chi connectivity index (χ1v) is 6.58. The molecule has 0 radical (unpaired) electrons. The lowest BCUT2D eigenvalue weighted by molar-refractivity contribution is -0.107. The Morgan fingerprint density at radius 2 is 2.35 bits per heavy atom. The SMILES string of the molecule is CSc1cnc(N)nc1N(C=O)C/C=C\CCl. The van der Waals surface area contributed by atoms with E-state index in [0.717, 1.165) is 4.90 Å². The number of amides is 1. The highest BCUT2D eigenvalue weighted by molar-refractivity contribution is 7.98. The van der Waals surface area contributed by atoms with E-state index in [1.165, 1.54) is 16.7 Å². The highest BCUT2D eigenvalue weighted by atomic mass is 35.5. The number of anilines is 2. The predicted molar refractivity (Wildman–Crippen MR) is 71.5 cm³/mol. The third kappa shape index (κ3) is 3.90. The summed E-state index contributed by atoms with van der Waals surface area (Å²) in [4.78, 5) is 21.2. The zero-order valence-electron chi connectivity index (χ0n) is 9.34. The molecule has 0 saturated heterocycles. The van der Waals surface area contributed by atoms with Gasteiger partial charge in [0, 0.05) is 18.6 Å². The maximum Gasteiger partial charge on any atom is 0.222 e. The molecule has 0 aliphatic carbocycles. The van der Waals surface area contributed by atoms with Crippen LogP contribution in [0.5, 0.6) is 0 Å². The molecule has 92 valence electrons. The van der Waals surface area contributed by atoms with Gasteiger partial charge >= 0.3 is 0 Å². The molecular weight excluding hydrogens is 260 g/mol. The van der Waals surface area contributed by atoms with Crippen molar-refractivity contribution >= 4 is 41.5 Å². The number of halogens is 1. The van der Waals surface area contributed by atoms with Gasteiger partial charge in [0.15, 0.2) is 5.82 Å². The zero-order chi connectivity index (χ0) is 12.7. The second kappa shape index (κ2) is 7.13. The molecule has 17 heavy (non-hydrogen) atoms. The monoisotopic (exact) mass is 272 g/mol. The van der Waals surface area contributed by atoms with Crippen molar-refractivity contribution in [1.82, 2.24) is 9.97 Å². The third-order valence-electron chi connectivity index (χ3n) is 1.93. The van der Waals surface area contributed by atoms with Gasteiger partial charge in [-0.05, 0) is 6.26 Å². The number of nitrogens with zero attached hydrogens (tertiary/aromatic N) is 3. The van der Waals surface area contributed by atoms with E-state index in [9.17, 15) is 4.79 Å². The number of allylic oxidation sites excluding steroid dienone is 1. The maximum absolute atomic E-state index is 11.0. The van der Waals surface area contributed by atoms with Crippen LogP contribution in [0.1, 0.15) is 0 Å². The van der Waals surface area contributed by atoms with Crippen molar-refractivity contribution in [2.75, 3.05) is 29.3 Å². The molecule has 0 bridgehead atoms. The Bertz CT molecular complexity index is 413. The standard InChI is InChI=1S/C10H13ClN4OS/c1-17-8-6-13-10(12)14-9(8)15(7-16)5-3-2-4-11/h2-3,6-7H,4-5H2,1H3,(H2,12,13,14)/b3-2-. The smallest absolute Gasteiger partial charge is 0.222 e. The predicted octanol–water partition coefficient (Wildman–Crippen LogP) is 1.54. The molecule has 1 aromatic rings. The summed E-state index contributed by atoms with van der Waals surface area (Å²) in [6.07, 6.45) is 7.76. The second-order valence-electron chi connectivity index (χ2n) is 3.00. The minimum atomic E-state index is 0.144. The number of hydrogen-bond acceptors (Lipinski definition) is 5. The Morgan fingerprint density at radius 1 is 1.59 bits per heavy atom. The van der Waals surface area contributed by atoms with Crippen molar-refractivity contribution in [3.63, 3.8) is 0 Å². The van der Waals surface area contributed by atoms with Crippen LogP contribution in [0, 0.1) is 0 Å². The van der Waals surface area contributed by atoms with Crippen LogP contribution in [0.3, 0.4) is 0 Å². The van der Waals surface area contributed by atoms with E-state index in [0.29, 0.717) is 24.7 Å². The Hall–Kier alpha value is -1.27. The number of rotatable bonds is 6. The average Bonchev–Trinajstić information content (AvgIpc) is 2.35. The molecule has 0 atom stereocenters. The number of hydrogen-bond donors (Lipinski definition) is 1. The fourth-order valence-electron chi connectivity index (χ4n) is 1.16. The second-order valence-corrected chi connectivity index (χ2v) is 4.16. The van der Waals surface area contributed by atoms with Gasteiger partial charge in [0.25, 0.3) is 0 Å². The van der Waals surface area contributed by atoms with Crippen LogP contribution < -0.4 is 10.6 Å². The Kier molecular flexibility index (Phi) is 5.79. The van der Waals surface area contributed by atoms with Crippen LogP contribution in [0.25, 0.3) is 0 Å². The number of thioether (sulfide) groups is 1. The quantitative estimate of drug-likeness (QED) is 0.368. The highest BCUT2D eigenvalue weighted by Gasteiger charge is 2.11. The van der Waals surface area contributed by atoms with E-state index in [1.807, 2.05) is 6.26 Å². The number of carbonyl (C=O) groups excluding carboxylic acids is 1. The number of aromatic nitrogens is 2. The molecule has 0 spiro atoms. The van der Waals surface area contributed by atoms with Gasteiger partial charge in [-0.1, -0.05) is 12.2 Å². The summed E-state index contributed by atoms with van der Waals surface area (Å²) in [6.45, 7) is 0.403. The van der Waals surface area contributed by atoms with E-state index in [4.69, 9.17) is 17.3 Å². The summed E-state index contributed by atoms with van der Waals surface area (Å²) in [7, 11) is 0. The molecular formula is C10H13ClN4OS. The summed E-state index contributed by atoms with van der Waals surface area (Å²) in [5.74, 6) is 1.07. The van der Waals surface area contributed by atoms with Gasteiger partial charge in [-0.3, -0.25) is 9.69 Å². The normalized spacial score (nSPS) is 10.7. The molecule has 2 N–H and O–H groups in total. The number of carbonyl (C=O) groups is 1. The molecule has 0 saturated carbocycles. The van der Waals surface area contributed by atoms with Crippen LogP contribution in [-0.2, 0) is 4.79 Å². The molecule has 1 heterocycles. The van der Waals surface area contributed by atoms with Gasteiger partial charge < -0.3 is 5.73 Å². The van der Waals surface area contributed by atoms with Crippen molar-refractivity contribution in [3.8, 4) is 0 Å². The third-order valence-corrected chi connectivity index (χ3v) is 2.84. The molecule has 0 aromatic carbocycles. The summed E-state index contributed by atoms with van der Waals surface area (Å²) >= 11 is 6.97. The fraction of sp³-hybridized carbons (Fsp3) is 0.300. The van der Waals surface area contributed by atoms with E-state index in [2.05, 4.69) is 9.97 Å². The van der Waals surface area contributed by atoms with Crippen LogP contribution in [0.15, 0.2) is 23.2 Å². The van der Waals surface area contributed by atoms with Crippen LogP contribution >= 0.6 is 23.4 Å². The molecule has 0 aliphatic rings. The molecule has 5 nitrogen and oxygen atoms in total. The summed E-state index contributed by atoms with van der Waals surface area (Å²) < 4.78 is 0. The molecule has 0 aliphatic heterocycles. The van der Waals surface area contributed by atoms with Gasteiger partial charge in [0.05, 0.1) is 4.90 Å². The lowest BCUT2D eigenvalue weighted by atomic mass is 10.4. The van der Waals surface area contributed by atoms with E-state index in [-0.39, 0.29) is 5.95 Å². The molecule has 1 aromatic heterocycles. The van der Waals surface area contributed by atoms with Gasteiger partial charge in [-0.25, -0.2) is 4.98 Å². The Morgan fingerprint density at radius 3 is 2.94 bits per heavy atom. The molecule has 0 unspecified atom stereocenters. The summed E-state index contributed by atoms with van der Waals surface area (Å²) in [5.41, 5.74) is 5.52. The lowest BCUT2D eigenvalue weighted by Gasteiger charge is -2.16. The van der Waals surface area contributed by atoms with Crippen molar-refractivity contribution in [2.24, 2.45) is 0 Å². The summed E-state index contributed by atoms with van der Waals surface area (Å²) in [5, 5.41) is 0. The fourth-order valence-corrected chi connectivity index (χ4v) is 1.78. The maximum atomic E-state index is 11.0. The largest absolute Gasteiger partial charge is 0.368 e.